The predicted molar refractivity (Wildman–Crippen MR) is 96.4 cm³/mol. The lowest BCUT2D eigenvalue weighted by molar-refractivity contribution is 0.0215. The molecule has 2 N–H and O–H groups in total. The van der Waals surface area contributed by atoms with Gasteiger partial charge in [0.2, 0.25) is 0 Å². The van der Waals surface area contributed by atoms with Gasteiger partial charge in [-0.3, -0.25) is 0 Å². The summed E-state index contributed by atoms with van der Waals surface area (Å²) in [6.45, 7) is 6.96. The van der Waals surface area contributed by atoms with Gasteiger partial charge < -0.3 is 19.7 Å². The normalized spacial score (nSPS) is 12.0. The Morgan fingerprint density at radius 1 is 0.960 bits per heavy atom. The van der Waals surface area contributed by atoms with E-state index in [2.05, 4.69) is 15.9 Å². The number of ether oxygens (including phenoxy) is 2. The lowest BCUT2D eigenvalue weighted by Gasteiger charge is -2.21. The highest BCUT2D eigenvalue weighted by Gasteiger charge is 2.23. The average molecular weight is 417 g/mol. The molecule has 0 aliphatic heterocycles. The highest BCUT2D eigenvalue weighted by Crippen LogP contribution is 2.22. The summed E-state index contributed by atoms with van der Waals surface area (Å²) in [4.78, 5) is 24.4. The first kappa shape index (κ1) is 21.6. The molecule has 6 nitrogen and oxygen atoms in total. The number of carbonyl (C=O) groups excluding carboxylic acids is 2. The van der Waals surface area contributed by atoms with Gasteiger partial charge in [-0.1, -0.05) is 27.7 Å². The average Bonchev–Trinajstić information content (AvgIpc) is 2.58. The molecule has 1 aromatic carbocycles. The maximum atomic E-state index is 12.2. The third-order valence-corrected chi connectivity index (χ3v) is 4.16. The number of rotatable bonds is 8. The Bertz CT molecular complexity index is 624. The number of benzene rings is 1. The molecule has 1 rings (SSSR count). The van der Waals surface area contributed by atoms with E-state index in [0.717, 1.165) is 0 Å². The van der Waals surface area contributed by atoms with Crippen LogP contribution < -0.4 is 0 Å². The van der Waals surface area contributed by atoms with E-state index in [1.165, 1.54) is 12.1 Å². The molecule has 0 aromatic heterocycles. The fraction of sp³-hybridized carbons (Fsp3) is 0.556. The molecular formula is C18H25BrO6. The van der Waals surface area contributed by atoms with Crippen molar-refractivity contribution in [1.82, 2.24) is 0 Å². The second-order valence-corrected chi connectivity index (χ2v) is 8.35. The zero-order valence-corrected chi connectivity index (χ0v) is 16.6. The van der Waals surface area contributed by atoms with Crippen molar-refractivity contribution < 1.29 is 29.3 Å². The lowest BCUT2D eigenvalue weighted by atomic mass is 9.96. The van der Waals surface area contributed by atoms with Gasteiger partial charge in [0.25, 0.3) is 0 Å². The van der Waals surface area contributed by atoms with Crippen molar-refractivity contribution in [3.63, 3.8) is 0 Å². The second kappa shape index (κ2) is 8.78. The van der Waals surface area contributed by atoms with Gasteiger partial charge in [-0.2, -0.15) is 0 Å². The lowest BCUT2D eigenvalue weighted by Crippen LogP contribution is -2.26. The smallest absolute Gasteiger partial charge is 0.339 e. The number of esters is 2. The Kier molecular flexibility index (Phi) is 7.59. The fourth-order valence-corrected chi connectivity index (χ4v) is 1.99. The van der Waals surface area contributed by atoms with Crippen LogP contribution in [-0.2, 0) is 9.47 Å². The topological polar surface area (TPSA) is 93.1 Å². The fourth-order valence-electron chi connectivity index (χ4n) is 1.58. The van der Waals surface area contributed by atoms with Crippen LogP contribution in [0.15, 0.2) is 22.7 Å². The van der Waals surface area contributed by atoms with Crippen molar-refractivity contribution in [2.24, 2.45) is 10.8 Å². The highest BCUT2D eigenvalue weighted by atomic mass is 79.9. The van der Waals surface area contributed by atoms with Crippen LogP contribution in [-0.4, -0.2) is 48.6 Å². The summed E-state index contributed by atoms with van der Waals surface area (Å²) in [7, 11) is 0. The monoisotopic (exact) mass is 416 g/mol. The number of carbonyl (C=O) groups is 2. The largest absolute Gasteiger partial charge is 0.461 e. The maximum absolute atomic E-state index is 12.2. The molecule has 0 heterocycles. The molecule has 0 fully saturated rings. The van der Waals surface area contributed by atoms with Gasteiger partial charge in [0.1, 0.15) is 0 Å². The minimum Gasteiger partial charge on any atom is -0.461 e. The number of aliphatic hydroxyl groups excluding tert-OH is 2. The minimum atomic E-state index is -0.598. The maximum Gasteiger partial charge on any atom is 0.339 e. The Morgan fingerprint density at radius 3 is 1.92 bits per heavy atom. The van der Waals surface area contributed by atoms with Crippen LogP contribution in [0.3, 0.4) is 0 Å². The van der Waals surface area contributed by atoms with Crippen molar-refractivity contribution >= 4 is 27.9 Å². The zero-order valence-electron chi connectivity index (χ0n) is 15.0. The molecular weight excluding hydrogens is 392 g/mol. The number of halogens is 1. The van der Waals surface area contributed by atoms with Crippen LogP contribution in [0.2, 0.25) is 0 Å². The van der Waals surface area contributed by atoms with E-state index in [-0.39, 0.29) is 37.6 Å². The van der Waals surface area contributed by atoms with Crippen LogP contribution in [0.5, 0.6) is 0 Å². The van der Waals surface area contributed by atoms with E-state index < -0.39 is 22.8 Å². The van der Waals surface area contributed by atoms with E-state index in [1.54, 1.807) is 33.8 Å². The van der Waals surface area contributed by atoms with Gasteiger partial charge in [-0.25, -0.2) is 9.59 Å². The second-order valence-electron chi connectivity index (χ2n) is 7.49. The van der Waals surface area contributed by atoms with Crippen LogP contribution >= 0.6 is 15.9 Å². The summed E-state index contributed by atoms with van der Waals surface area (Å²) in [5.74, 6) is -1.18. The third-order valence-electron chi connectivity index (χ3n) is 3.47. The summed E-state index contributed by atoms with van der Waals surface area (Å²) in [6.07, 6.45) is 0. The van der Waals surface area contributed by atoms with E-state index >= 15 is 0 Å². The van der Waals surface area contributed by atoms with E-state index in [9.17, 15) is 19.8 Å². The minimum absolute atomic E-state index is 0.0497. The van der Waals surface area contributed by atoms with Crippen molar-refractivity contribution in [2.75, 3.05) is 26.4 Å². The van der Waals surface area contributed by atoms with Crippen molar-refractivity contribution in [3.05, 3.63) is 33.8 Å². The first-order valence-electron chi connectivity index (χ1n) is 7.87. The standard InChI is InChI=1S/C18H25BrO6/c1-17(2,8-20)10-24-15(22)12-5-6-14(19)13(7-12)16(23)25-11-18(3,4)9-21/h5-7,20-21H,8-11H2,1-4H3. The molecule has 0 bridgehead atoms. The van der Waals surface area contributed by atoms with Crippen molar-refractivity contribution in [2.45, 2.75) is 27.7 Å². The third kappa shape index (κ3) is 6.76. The molecule has 0 radical (unpaired) electrons. The molecule has 0 spiro atoms. The van der Waals surface area contributed by atoms with E-state index in [0.29, 0.717) is 4.47 Å². The van der Waals surface area contributed by atoms with E-state index in [1.807, 2.05) is 0 Å². The molecule has 0 aliphatic carbocycles. The van der Waals surface area contributed by atoms with E-state index in [4.69, 9.17) is 9.47 Å². The molecule has 1 aromatic rings. The van der Waals surface area contributed by atoms with Crippen LogP contribution in [0.1, 0.15) is 48.4 Å². The van der Waals surface area contributed by atoms with Gasteiger partial charge in [0.15, 0.2) is 0 Å². The number of hydrogen-bond donors (Lipinski definition) is 2. The summed E-state index contributed by atoms with van der Waals surface area (Å²) < 4.78 is 10.9. The Balaban J connectivity index is 2.85. The SMILES string of the molecule is CC(C)(CO)COC(=O)c1ccc(Br)c(C(=O)OCC(C)(C)CO)c1. The molecule has 0 atom stereocenters. The summed E-state index contributed by atoms with van der Waals surface area (Å²) in [6, 6.07) is 4.50. The molecule has 0 unspecified atom stereocenters. The van der Waals surface area contributed by atoms with Gasteiger partial charge in [0, 0.05) is 15.3 Å². The molecule has 140 valence electrons. The number of aliphatic hydroxyl groups is 2. The summed E-state index contributed by atoms with van der Waals surface area (Å²) in [5.41, 5.74) is -0.674. The van der Waals surface area contributed by atoms with Crippen molar-refractivity contribution in [1.29, 1.82) is 0 Å². The first-order chi connectivity index (χ1) is 11.5. The number of hydrogen-bond acceptors (Lipinski definition) is 6. The van der Waals surface area contributed by atoms with Crippen LogP contribution in [0, 0.1) is 10.8 Å². The Morgan fingerprint density at radius 2 is 1.44 bits per heavy atom. The molecule has 0 saturated carbocycles. The zero-order chi connectivity index (χ0) is 19.3. The van der Waals surface area contributed by atoms with Crippen molar-refractivity contribution in [3.8, 4) is 0 Å². The van der Waals surface area contributed by atoms with Gasteiger partial charge in [-0.15, -0.1) is 0 Å². The molecule has 7 heteroatoms. The Hall–Kier alpha value is -1.44. The highest BCUT2D eigenvalue weighted by molar-refractivity contribution is 9.10. The van der Waals surface area contributed by atoms with Crippen LogP contribution in [0.25, 0.3) is 0 Å². The summed E-state index contributed by atoms with van der Waals surface area (Å²) in [5, 5.41) is 18.4. The molecule has 0 aliphatic rings. The van der Waals surface area contributed by atoms with Crippen LogP contribution in [0.4, 0.5) is 0 Å². The predicted octanol–water partition coefficient (Wildman–Crippen LogP) is 2.80. The molecule has 0 amide bonds. The van der Waals surface area contributed by atoms with Gasteiger partial charge in [-0.05, 0) is 34.1 Å². The molecule has 25 heavy (non-hydrogen) atoms. The molecule has 0 saturated heterocycles. The first-order valence-corrected chi connectivity index (χ1v) is 8.66. The Labute approximate surface area is 156 Å². The quantitative estimate of drug-likeness (QED) is 0.632. The van der Waals surface area contributed by atoms with Gasteiger partial charge >= 0.3 is 11.9 Å². The van der Waals surface area contributed by atoms with Gasteiger partial charge in [0.05, 0.1) is 37.6 Å². The summed E-state index contributed by atoms with van der Waals surface area (Å²) >= 11 is 3.26.